The highest BCUT2D eigenvalue weighted by Gasteiger charge is 2.04. The first-order valence-electron chi connectivity index (χ1n) is 4.99. The van der Waals surface area contributed by atoms with Crippen molar-refractivity contribution in [1.29, 1.82) is 0 Å². The highest BCUT2D eigenvalue weighted by atomic mass is 16.1. The van der Waals surface area contributed by atoms with Gasteiger partial charge >= 0.3 is 0 Å². The molecule has 1 heterocycles. The second-order valence-corrected chi connectivity index (χ2v) is 3.37. The van der Waals surface area contributed by atoms with Gasteiger partial charge in [-0.05, 0) is 5.56 Å². The first kappa shape index (κ1) is 10.4. The summed E-state index contributed by atoms with van der Waals surface area (Å²) in [4.78, 5) is 15.4. The maximum Gasteiger partial charge on any atom is 0.227 e. The van der Waals surface area contributed by atoms with E-state index in [0.717, 1.165) is 5.56 Å². The zero-order chi connectivity index (χ0) is 11.2. The Morgan fingerprint density at radius 1 is 1.31 bits per heavy atom. The summed E-state index contributed by atoms with van der Waals surface area (Å²) in [6.07, 6.45) is 1.62. The zero-order valence-electron chi connectivity index (χ0n) is 8.68. The van der Waals surface area contributed by atoms with Crippen LogP contribution in [-0.2, 0) is 17.8 Å². The van der Waals surface area contributed by atoms with E-state index in [2.05, 4.69) is 20.5 Å². The number of aromatic nitrogens is 3. The van der Waals surface area contributed by atoms with Crippen molar-refractivity contribution < 1.29 is 4.79 Å². The van der Waals surface area contributed by atoms with Gasteiger partial charge < -0.3 is 5.32 Å². The number of aromatic amines is 1. The van der Waals surface area contributed by atoms with Gasteiger partial charge in [-0.15, -0.1) is 0 Å². The number of carbonyl (C=O) groups excluding carboxylic acids is 1. The molecule has 0 atom stereocenters. The average molecular weight is 216 g/mol. The quantitative estimate of drug-likeness (QED) is 0.788. The lowest BCUT2D eigenvalue weighted by molar-refractivity contribution is -0.120. The highest BCUT2D eigenvalue weighted by molar-refractivity contribution is 5.77. The van der Waals surface area contributed by atoms with E-state index in [1.807, 2.05) is 30.3 Å². The molecule has 0 aliphatic rings. The van der Waals surface area contributed by atoms with Crippen LogP contribution < -0.4 is 5.32 Å². The lowest BCUT2D eigenvalue weighted by Crippen LogP contribution is -2.24. The molecule has 82 valence electrons. The fraction of sp³-hybridized carbons (Fsp3) is 0.182. The van der Waals surface area contributed by atoms with E-state index in [-0.39, 0.29) is 12.3 Å². The van der Waals surface area contributed by atoms with Gasteiger partial charge in [-0.1, -0.05) is 30.3 Å². The van der Waals surface area contributed by atoms with E-state index in [0.29, 0.717) is 12.4 Å². The molecule has 0 fully saturated rings. The number of nitrogens with zero attached hydrogens (tertiary/aromatic N) is 2. The molecule has 2 N–H and O–H groups in total. The fourth-order valence-electron chi connectivity index (χ4n) is 1.33. The minimum atomic E-state index is -0.0689. The summed E-state index contributed by atoms with van der Waals surface area (Å²) in [5.74, 6) is 0.506. The van der Waals surface area contributed by atoms with Crippen molar-refractivity contribution in [2.75, 3.05) is 0 Å². The summed E-state index contributed by atoms with van der Waals surface area (Å²) in [5.41, 5.74) is 1.08. The van der Waals surface area contributed by atoms with Crippen molar-refractivity contribution in [2.45, 2.75) is 13.0 Å². The molecule has 0 bridgehead atoms. The second kappa shape index (κ2) is 5.06. The van der Waals surface area contributed by atoms with Crippen LogP contribution in [0.3, 0.4) is 0 Å². The molecule has 5 nitrogen and oxygen atoms in total. The van der Waals surface area contributed by atoms with Crippen LogP contribution in [0.4, 0.5) is 0 Å². The molecule has 0 saturated carbocycles. The Morgan fingerprint density at radius 3 is 2.81 bits per heavy atom. The molecule has 0 aliphatic carbocycles. The van der Waals surface area contributed by atoms with Crippen molar-refractivity contribution in [3.63, 3.8) is 0 Å². The number of nitrogens with one attached hydrogen (secondary N) is 2. The number of H-pyrrole nitrogens is 1. The van der Waals surface area contributed by atoms with E-state index < -0.39 is 0 Å². The summed E-state index contributed by atoms with van der Waals surface area (Å²) in [5, 5.41) is 9.13. The third-order valence-corrected chi connectivity index (χ3v) is 2.13. The van der Waals surface area contributed by atoms with E-state index in [1.165, 1.54) is 6.33 Å². The number of amides is 1. The van der Waals surface area contributed by atoms with Crippen molar-refractivity contribution in [1.82, 2.24) is 20.5 Å². The summed E-state index contributed by atoms with van der Waals surface area (Å²) in [7, 11) is 0. The molecule has 5 heteroatoms. The van der Waals surface area contributed by atoms with Gasteiger partial charge in [0, 0.05) is 6.54 Å². The molecule has 2 rings (SSSR count). The molecule has 0 saturated heterocycles. The molecular weight excluding hydrogens is 204 g/mol. The highest BCUT2D eigenvalue weighted by Crippen LogP contribution is 1.97. The zero-order valence-corrected chi connectivity index (χ0v) is 8.68. The maximum absolute atomic E-state index is 11.5. The molecule has 1 amide bonds. The van der Waals surface area contributed by atoms with Gasteiger partial charge in [-0.25, -0.2) is 4.98 Å². The van der Waals surface area contributed by atoms with Crippen molar-refractivity contribution in [2.24, 2.45) is 0 Å². The van der Waals surface area contributed by atoms with Gasteiger partial charge in [0.2, 0.25) is 5.91 Å². The van der Waals surface area contributed by atoms with Crippen LogP contribution in [0.25, 0.3) is 0 Å². The first-order valence-corrected chi connectivity index (χ1v) is 4.99. The normalized spacial score (nSPS) is 10.0. The summed E-state index contributed by atoms with van der Waals surface area (Å²) in [6, 6.07) is 9.76. The van der Waals surface area contributed by atoms with Gasteiger partial charge in [-0.3, -0.25) is 9.89 Å². The SMILES string of the molecule is O=C(Cc1ncn[nH]1)NCc1ccccc1. The largest absolute Gasteiger partial charge is 0.352 e. The third kappa shape index (κ3) is 2.91. The van der Waals surface area contributed by atoms with E-state index in [4.69, 9.17) is 0 Å². The third-order valence-electron chi connectivity index (χ3n) is 2.13. The summed E-state index contributed by atoms with van der Waals surface area (Å²) < 4.78 is 0. The Hall–Kier alpha value is -2.17. The molecule has 0 spiro atoms. The van der Waals surface area contributed by atoms with Crippen LogP contribution in [0.15, 0.2) is 36.7 Å². The Balaban J connectivity index is 1.80. The lowest BCUT2D eigenvalue weighted by atomic mass is 10.2. The van der Waals surface area contributed by atoms with Crippen molar-refractivity contribution in [3.05, 3.63) is 48.0 Å². The molecule has 16 heavy (non-hydrogen) atoms. The molecule has 0 unspecified atom stereocenters. The van der Waals surface area contributed by atoms with Crippen LogP contribution >= 0.6 is 0 Å². The Morgan fingerprint density at radius 2 is 2.12 bits per heavy atom. The van der Waals surface area contributed by atoms with E-state index in [1.54, 1.807) is 0 Å². The van der Waals surface area contributed by atoms with Crippen molar-refractivity contribution >= 4 is 5.91 Å². The molecule has 2 aromatic rings. The monoisotopic (exact) mass is 216 g/mol. The number of carbonyl (C=O) groups is 1. The Labute approximate surface area is 92.9 Å². The number of rotatable bonds is 4. The number of hydrogen-bond acceptors (Lipinski definition) is 3. The van der Waals surface area contributed by atoms with Gasteiger partial charge in [0.05, 0.1) is 6.42 Å². The first-order chi connectivity index (χ1) is 7.84. The van der Waals surface area contributed by atoms with Gasteiger partial charge in [0.25, 0.3) is 0 Å². The average Bonchev–Trinajstić information content (AvgIpc) is 2.81. The minimum absolute atomic E-state index is 0.0689. The molecule has 0 radical (unpaired) electrons. The summed E-state index contributed by atoms with van der Waals surface area (Å²) >= 11 is 0. The van der Waals surface area contributed by atoms with Gasteiger partial charge in [0.15, 0.2) is 0 Å². The fourth-order valence-corrected chi connectivity index (χ4v) is 1.33. The molecule has 1 aromatic heterocycles. The van der Waals surface area contributed by atoms with E-state index in [9.17, 15) is 4.79 Å². The maximum atomic E-state index is 11.5. The van der Waals surface area contributed by atoms with Crippen LogP contribution in [-0.4, -0.2) is 21.1 Å². The smallest absolute Gasteiger partial charge is 0.227 e. The van der Waals surface area contributed by atoms with Crippen LogP contribution in [0.5, 0.6) is 0 Å². The molecule has 0 aliphatic heterocycles. The minimum Gasteiger partial charge on any atom is -0.352 e. The van der Waals surface area contributed by atoms with Crippen LogP contribution in [0.1, 0.15) is 11.4 Å². The second-order valence-electron chi connectivity index (χ2n) is 3.37. The summed E-state index contributed by atoms with van der Waals surface area (Å²) in [6.45, 7) is 0.536. The number of hydrogen-bond donors (Lipinski definition) is 2. The van der Waals surface area contributed by atoms with Crippen LogP contribution in [0, 0.1) is 0 Å². The molecular formula is C11H12N4O. The van der Waals surface area contributed by atoms with E-state index >= 15 is 0 Å². The topological polar surface area (TPSA) is 70.7 Å². The van der Waals surface area contributed by atoms with Gasteiger partial charge in [0.1, 0.15) is 12.2 Å². The predicted octanol–water partition coefficient (Wildman–Crippen LogP) is 0.664. The standard InChI is InChI=1S/C11H12N4O/c16-11(6-10-13-8-14-15-10)12-7-9-4-2-1-3-5-9/h1-5,8H,6-7H2,(H,12,16)(H,13,14,15). The molecule has 1 aromatic carbocycles. The van der Waals surface area contributed by atoms with Crippen LogP contribution in [0.2, 0.25) is 0 Å². The Kier molecular flexibility index (Phi) is 3.28. The van der Waals surface area contributed by atoms with Gasteiger partial charge in [-0.2, -0.15) is 5.10 Å². The van der Waals surface area contributed by atoms with Crippen molar-refractivity contribution in [3.8, 4) is 0 Å². The lowest BCUT2D eigenvalue weighted by Gasteiger charge is -2.03. The predicted molar refractivity (Wildman–Crippen MR) is 58.4 cm³/mol. The number of benzene rings is 1. The Bertz CT molecular complexity index is 438.